The minimum Gasteiger partial charge on any atom is -0.491 e. The number of aliphatic hydroxyl groups is 1. The molecule has 1 heterocycles. The second-order valence-electron chi connectivity index (χ2n) is 16.2. The Morgan fingerprint density at radius 3 is 1.54 bits per heavy atom. The number of benzene rings is 6. The lowest BCUT2D eigenvalue weighted by Crippen LogP contribution is -2.68. The van der Waals surface area contributed by atoms with Gasteiger partial charge in [0.25, 0.3) is 0 Å². The van der Waals surface area contributed by atoms with E-state index in [1.165, 1.54) is 56.3 Å². The van der Waals surface area contributed by atoms with Crippen molar-refractivity contribution in [2.75, 3.05) is 0 Å². The topological polar surface area (TPSA) is 170 Å². The number of esters is 5. The maximum atomic E-state index is 14.4. The van der Waals surface area contributed by atoms with E-state index < -0.39 is 66.2 Å². The molecule has 1 fully saturated rings. The Bertz CT molecular complexity index is 2640. The highest BCUT2D eigenvalue weighted by molar-refractivity contribution is 5.92. The molecule has 13 heteroatoms. The van der Waals surface area contributed by atoms with Crippen LogP contribution in [-0.4, -0.2) is 71.6 Å². The summed E-state index contributed by atoms with van der Waals surface area (Å²) in [7, 11) is 0. The zero-order valence-electron chi connectivity index (χ0n) is 37.3. The maximum Gasteiger partial charge on any atom is 0.338 e. The average Bonchev–Trinajstić information content (AvgIpc) is 3.34. The molecule has 0 aliphatic carbocycles. The molecule has 1 N–H and O–H groups in total. The molecule has 7 rings (SSSR count). The summed E-state index contributed by atoms with van der Waals surface area (Å²) in [5.41, 5.74) is 2.04. The molecule has 6 aromatic rings. The van der Waals surface area contributed by atoms with Crippen molar-refractivity contribution in [3.8, 4) is 5.75 Å². The van der Waals surface area contributed by atoms with Crippen LogP contribution in [0.4, 0.5) is 0 Å². The maximum absolute atomic E-state index is 14.4. The van der Waals surface area contributed by atoms with Crippen LogP contribution in [0.1, 0.15) is 91.4 Å². The summed E-state index contributed by atoms with van der Waals surface area (Å²) >= 11 is 0. The fourth-order valence-electron chi connectivity index (χ4n) is 7.64. The minimum absolute atomic E-state index is 0.00528. The lowest BCUT2D eigenvalue weighted by atomic mass is 9.82. The predicted molar refractivity (Wildman–Crippen MR) is 244 cm³/mol. The van der Waals surface area contributed by atoms with Gasteiger partial charge in [-0.25, -0.2) is 19.2 Å². The van der Waals surface area contributed by atoms with Crippen molar-refractivity contribution in [3.63, 3.8) is 0 Å². The Balaban J connectivity index is 1.44. The highest BCUT2D eigenvalue weighted by Gasteiger charge is 2.62. The fourth-order valence-corrected chi connectivity index (χ4v) is 7.64. The van der Waals surface area contributed by atoms with E-state index in [2.05, 4.69) is 0 Å². The molecular weight excluding hydrogens is 857 g/mol. The monoisotopic (exact) mass is 906 g/mol. The minimum atomic E-state index is -2.80. The third-order valence-corrected chi connectivity index (χ3v) is 10.9. The molecule has 6 atom stereocenters. The molecular formula is C54H50O13. The van der Waals surface area contributed by atoms with E-state index in [1.807, 2.05) is 38.1 Å². The first-order chi connectivity index (χ1) is 32.3. The van der Waals surface area contributed by atoms with Crippen molar-refractivity contribution < 1.29 is 62.2 Å². The van der Waals surface area contributed by atoms with Crippen LogP contribution in [0.2, 0.25) is 0 Å². The van der Waals surface area contributed by atoms with Crippen LogP contribution < -0.4 is 4.74 Å². The molecule has 0 radical (unpaired) electrons. The number of rotatable bonds is 16. The van der Waals surface area contributed by atoms with Crippen molar-refractivity contribution in [2.45, 2.75) is 83.1 Å². The van der Waals surface area contributed by atoms with E-state index in [-0.39, 0.29) is 46.9 Å². The van der Waals surface area contributed by atoms with Crippen LogP contribution in [-0.2, 0) is 52.0 Å². The predicted octanol–water partition coefficient (Wildman–Crippen LogP) is 8.59. The van der Waals surface area contributed by atoms with E-state index in [0.717, 1.165) is 5.56 Å². The first kappa shape index (κ1) is 47.4. The van der Waals surface area contributed by atoms with E-state index in [4.69, 9.17) is 33.2 Å². The highest BCUT2D eigenvalue weighted by Crippen LogP contribution is 2.45. The van der Waals surface area contributed by atoms with Gasteiger partial charge in [0.2, 0.25) is 11.9 Å². The van der Waals surface area contributed by atoms with Gasteiger partial charge in [-0.1, -0.05) is 97.1 Å². The van der Waals surface area contributed by atoms with Crippen molar-refractivity contribution in [1.29, 1.82) is 0 Å². The number of hydrogen-bond donors (Lipinski definition) is 1. The first-order valence-corrected chi connectivity index (χ1v) is 21.7. The van der Waals surface area contributed by atoms with E-state index in [0.29, 0.717) is 16.9 Å². The molecule has 0 aromatic heterocycles. The average molecular weight is 907 g/mol. The summed E-state index contributed by atoms with van der Waals surface area (Å²) in [6.07, 6.45) is -8.53. The van der Waals surface area contributed by atoms with E-state index in [1.54, 1.807) is 97.1 Å². The number of ether oxygens (including phenoxy) is 7. The Morgan fingerprint density at radius 2 is 1.04 bits per heavy atom. The molecule has 344 valence electrons. The van der Waals surface area contributed by atoms with Gasteiger partial charge in [0.15, 0.2) is 12.2 Å². The van der Waals surface area contributed by atoms with Gasteiger partial charge < -0.3 is 38.3 Å². The molecule has 6 aromatic carbocycles. The summed E-state index contributed by atoms with van der Waals surface area (Å²) < 4.78 is 42.9. The summed E-state index contributed by atoms with van der Waals surface area (Å²) in [4.78, 5) is 68.7. The fraction of sp³-hybridized carbons (Fsp3) is 0.241. The molecule has 1 aliphatic rings. The van der Waals surface area contributed by atoms with Gasteiger partial charge in [0.05, 0.1) is 28.4 Å². The third kappa shape index (κ3) is 11.8. The Hall–Kier alpha value is -7.61. The second kappa shape index (κ2) is 21.6. The summed E-state index contributed by atoms with van der Waals surface area (Å²) in [6, 6.07) is 44.2. The van der Waals surface area contributed by atoms with Crippen LogP contribution in [0.5, 0.6) is 5.75 Å². The molecule has 13 nitrogen and oxygen atoms in total. The van der Waals surface area contributed by atoms with Crippen LogP contribution in [0.15, 0.2) is 164 Å². The lowest BCUT2D eigenvalue weighted by Gasteiger charge is -2.50. The van der Waals surface area contributed by atoms with Gasteiger partial charge in [0, 0.05) is 12.5 Å². The van der Waals surface area contributed by atoms with Crippen molar-refractivity contribution in [3.05, 3.63) is 208 Å². The first-order valence-electron chi connectivity index (χ1n) is 21.7. The van der Waals surface area contributed by atoms with E-state index in [9.17, 15) is 29.1 Å². The molecule has 1 saturated heterocycles. The number of carbonyl (C=O) groups excluding carboxylic acids is 5. The smallest absolute Gasteiger partial charge is 0.338 e. The largest absolute Gasteiger partial charge is 0.491 e. The normalized spacial score (nSPS) is 19.3. The second-order valence-corrected chi connectivity index (χ2v) is 16.2. The van der Waals surface area contributed by atoms with Gasteiger partial charge in [-0.2, -0.15) is 0 Å². The molecule has 0 spiro atoms. The van der Waals surface area contributed by atoms with Crippen molar-refractivity contribution in [2.24, 2.45) is 0 Å². The summed E-state index contributed by atoms with van der Waals surface area (Å²) in [5, 5.41) is 13.7. The molecule has 67 heavy (non-hydrogen) atoms. The van der Waals surface area contributed by atoms with Gasteiger partial charge in [-0.3, -0.25) is 4.79 Å². The SMILES string of the molecule is CC(=O)OCc1ccc(Cc2ccc(OC(C)C)cc2)c([C@@]2(O)O[C@H]([C@H](C)OC(=O)c3ccccc3)[C@@H](OC(=O)c3ccccc3)[C@H](OC(=O)c3ccccc3)[C@H]2OC(=O)c2ccccc2)c1. The third-order valence-electron chi connectivity index (χ3n) is 10.9. The summed E-state index contributed by atoms with van der Waals surface area (Å²) in [6.45, 7) is 6.33. The molecule has 0 saturated carbocycles. The standard InChI is InChI=1S/C54H50O13/c1-34(2)62-44-29-26-37(27-30-44)31-43-28-25-38(33-61-36(4)55)32-45(43)54(60)49(66-53(59)42-23-15-8-16-24-42)48(65-52(58)41-21-13-7-14-22-41)47(64-51(57)40-19-11-6-12-20-40)46(67-54)35(3)63-50(56)39-17-9-5-10-18-39/h5-30,32,34-35,46-49,60H,31,33H2,1-4H3/t35-,46+,47+,48-,49+,54+/m0/s1. The zero-order valence-corrected chi connectivity index (χ0v) is 37.3. The molecule has 1 aliphatic heterocycles. The van der Waals surface area contributed by atoms with Crippen LogP contribution in [0, 0.1) is 0 Å². The molecule has 0 bridgehead atoms. The van der Waals surface area contributed by atoms with Crippen molar-refractivity contribution >= 4 is 29.8 Å². The van der Waals surface area contributed by atoms with Crippen LogP contribution >= 0.6 is 0 Å². The number of carbonyl (C=O) groups is 5. The molecule has 0 unspecified atom stereocenters. The Kier molecular flexibility index (Phi) is 15.3. The quantitative estimate of drug-likeness (QED) is 0.0724. The van der Waals surface area contributed by atoms with Gasteiger partial charge in [-0.15, -0.1) is 0 Å². The molecule has 0 amide bonds. The lowest BCUT2D eigenvalue weighted by molar-refractivity contribution is -0.360. The van der Waals surface area contributed by atoms with Crippen LogP contribution in [0.25, 0.3) is 0 Å². The highest BCUT2D eigenvalue weighted by atomic mass is 16.7. The van der Waals surface area contributed by atoms with E-state index >= 15 is 0 Å². The van der Waals surface area contributed by atoms with Gasteiger partial charge in [0.1, 0.15) is 24.6 Å². The Labute approximate surface area is 388 Å². The zero-order chi connectivity index (χ0) is 47.5. The van der Waals surface area contributed by atoms with Crippen LogP contribution in [0.3, 0.4) is 0 Å². The Morgan fingerprint density at radius 1 is 0.582 bits per heavy atom. The van der Waals surface area contributed by atoms with Gasteiger partial charge in [-0.05, 0) is 111 Å². The summed E-state index contributed by atoms with van der Waals surface area (Å²) in [5.74, 6) is -6.30. The van der Waals surface area contributed by atoms with Gasteiger partial charge >= 0.3 is 29.8 Å². The number of hydrogen-bond acceptors (Lipinski definition) is 13. The van der Waals surface area contributed by atoms with Crippen molar-refractivity contribution in [1.82, 2.24) is 0 Å².